The number of thiocarbonyl (C=S) groups is 1. The standard InChI is InChI=1S/C31H30BrClN4OS/c1-19-15-20(2)18-36(17-19)26-11-10-23(16-24(26)33)37-30(29(35-31(37)39)25-5-3-4-14-34-25)28-13-12-27(38-28)21-6-8-22(32)9-7-21/h3-14,16,19-20,29-30H,15,17-18H2,1-2H3,(H,35,39)/t19-,20+,29-,30-/m0/s1. The van der Waals surface area contributed by atoms with E-state index in [2.05, 4.69) is 62.0 Å². The molecule has 2 fully saturated rings. The Kier molecular flexibility index (Phi) is 7.40. The van der Waals surface area contributed by atoms with Crippen LogP contribution in [0.25, 0.3) is 11.3 Å². The minimum atomic E-state index is -0.242. The van der Waals surface area contributed by atoms with Crippen LogP contribution in [0.2, 0.25) is 5.02 Å². The molecule has 2 aliphatic heterocycles. The summed E-state index contributed by atoms with van der Waals surface area (Å²) in [7, 11) is 0. The second-order valence-electron chi connectivity index (χ2n) is 10.7. The van der Waals surface area contributed by atoms with Crippen LogP contribution >= 0.6 is 39.7 Å². The number of rotatable bonds is 5. The number of furan rings is 1. The van der Waals surface area contributed by atoms with Gasteiger partial charge in [0.2, 0.25) is 0 Å². The lowest BCUT2D eigenvalue weighted by Crippen LogP contribution is -2.38. The largest absolute Gasteiger partial charge is 0.459 e. The number of hydrogen-bond acceptors (Lipinski definition) is 4. The number of aromatic nitrogens is 1. The molecule has 0 bridgehead atoms. The zero-order valence-electron chi connectivity index (χ0n) is 21.9. The number of nitrogens with one attached hydrogen (secondary N) is 1. The Morgan fingerprint density at radius 1 is 1.00 bits per heavy atom. The lowest BCUT2D eigenvalue weighted by Gasteiger charge is -2.37. The van der Waals surface area contributed by atoms with E-state index in [1.54, 1.807) is 6.20 Å². The molecule has 2 aromatic heterocycles. The normalized spacial score (nSPS) is 23.2. The van der Waals surface area contributed by atoms with Crippen LogP contribution in [0.15, 0.2) is 87.9 Å². The van der Waals surface area contributed by atoms with Gasteiger partial charge >= 0.3 is 0 Å². The summed E-state index contributed by atoms with van der Waals surface area (Å²) in [6, 6.07) is 23.9. The SMILES string of the molecule is C[C@@H]1C[C@H](C)CN(c2ccc(N3C(=S)N[C@@H](c4ccccn4)[C@@H]3c3ccc(-c4ccc(Br)cc4)o3)cc2Cl)C1. The van der Waals surface area contributed by atoms with Crippen molar-refractivity contribution in [3.63, 3.8) is 0 Å². The van der Waals surface area contributed by atoms with Crippen LogP contribution in [0.5, 0.6) is 0 Å². The lowest BCUT2D eigenvalue weighted by molar-refractivity contribution is 0.357. The first-order valence-electron chi connectivity index (χ1n) is 13.3. The molecule has 0 unspecified atom stereocenters. The van der Waals surface area contributed by atoms with Crippen LogP contribution < -0.4 is 15.1 Å². The first-order valence-corrected chi connectivity index (χ1v) is 14.9. The zero-order chi connectivity index (χ0) is 27.1. The van der Waals surface area contributed by atoms with Crippen molar-refractivity contribution in [1.82, 2.24) is 10.3 Å². The molecule has 0 saturated carbocycles. The number of nitrogens with zero attached hydrogens (tertiary/aromatic N) is 3. The summed E-state index contributed by atoms with van der Waals surface area (Å²) in [4.78, 5) is 9.17. The Morgan fingerprint density at radius 2 is 1.77 bits per heavy atom. The Morgan fingerprint density at radius 3 is 2.46 bits per heavy atom. The van der Waals surface area contributed by atoms with E-state index < -0.39 is 0 Å². The van der Waals surface area contributed by atoms with Crippen molar-refractivity contribution in [3.8, 4) is 11.3 Å². The minimum absolute atomic E-state index is 0.190. The monoisotopic (exact) mass is 620 g/mol. The van der Waals surface area contributed by atoms with Gasteiger partial charge in [0.05, 0.1) is 22.4 Å². The van der Waals surface area contributed by atoms with Gasteiger partial charge in [-0.2, -0.15) is 0 Å². The van der Waals surface area contributed by atoms with Crippen LogP contribution in [-0.2, 0) is 0 Å². The van der Waals surface area contributed by atoms with Gasteiger partial charge in [-0.05, 0) is 85.1 Å². The summed E-state index contributed by atoms with van der Waals surface area (Å²) < 4.78 is 7.52. The third-order valence-corrected chi connectivity index (χ3v) is 8.71. The van der Waals surface area contributed by atoms with Crippen LogP contribution in [0.3, 0.4) is 0 Å². The number of anilines is 2. The van der Waals surface area contributed by atoms with Crippen LogP contribution in [0.4, 0.5) is 11.4 Å². The molecule has 0 amide bonds. The maximum absolute atomic E-state index is 6.96. The number of halogens is 2. The highest BCUT2D eigenvalue weighted by molar-refractivity contribution is 9.10. The summed E-state index contributed by atoms with van der Waals surface area (Å²) >= 11 is 16.4. The molecule has 6 rings (SSSR count). The highest BCUT2D eigenvalue weighted by Gasteiger charge is 2.43. The van der Waals surface area contributed by atoms with Crippen LogP contribution in [-0.4, -0.2) is 23.2 Å². The van der Waals surface area contributed by atoms with Crippen molar-refractivity contribution >= 4 is 56.2 Å². The smallest absolute Gasteiger partial charge is 0.174 e. The second-order valence-corrected chi connectivity index (χ2v) is 12.4. The number of benzene rings is 2. The molecule has 2 aromatic carbocycles. The van der Waals surface area contributed by atoms with Crippen molar-refractivity contribution in [2.75, 3.05) is 22.9 Å². The van der Waals surface area contributed by atoms with E-state index in [0.29, 0.717) is 16.9 Å². The fourth-order valence-corrected chi connectivity index (χ4v) is 6.87. The molecule has 5 nitrogen and oxygen atoms in total. The molecule has 1 N–H and O–H groups in total. The molecular weight excluding hydrogens is 592 g/mol. The summed E-state index contributed by atoms with van der Waals surface area (Å²) in [6.45, 7) is 6.66. The predicted molar refractivity (Wildman–Crippen MR) is 166 cm³/mol. The minimum Gasteiger partial charge on any atom is -0.459 e. The average Bonchev–Trinajstić information content (AvgIpc) is 3.53. The van der Waals surface area contributed by atoms with Gasteiger partial charge in [0, 0.05) is 35.0 Å². The Balaban J connectivity index is 1.38. The molecule has 2 saturated heterocycles. The van der Waals surface area contributed by atoms with Gasteiger partial charge < -0.3 is 19.5 Å². The van der Waals surface area contributed by atoms with Crippen molar-refractivity contribution in [2.24, 2.45) is 11.8 Å². The zero-order valence-corrected chi connectivity index (χ0v) is 25.0. The summed E-state index contributed by atoms with van der Waals surface area (Å²) in [5.41, 5.74) is 3.90. The van der Waals surface area contributed by atoms with Gasteiger partial charge in [-0.15, -0.1) is 0 Å². The summed E-state index contributed by atoms with van der Waals surface area (Å²) in [5, 5.41) is 4.85. The van der Waals surface area contributed by atoms with Crippen molar-refractivity contribution < 1.29 is 4.42 Å². The molecule has 8 heteroatoms. The lowest BCUT2D eigenvalue weighted by atomic mass is 9.91. The number of hydrogen-bond donors (Lipinski definition) is 1. The maximum Gasteiger partial charge on any atom is 0.174 e. The first kappa shape index (κ1) is 26.4. The first-order chi connectivity index (χ1) is 18.9. The number of piperidine rings is 1. The van der Waals surface area contributed by atoms with E-state index in [4.69, 9.17) is 28.2 Å². The van der Waals surface area contributed by atoms with E-state index in [0.717, 1.165) is 56.7 Å². The topological polar surface area (TPSA) is 44.5 Å². The molecule has 4 atom stereocenters. The van der Waals surface area contributed by atoms with Gasteiger partial charge in [-0.25, -0.2) is 0 Å². The quantitative estimate of drug-likeness (QED) is 0.226. The molecule has 0 spiro atoms. The third-order valence-electron chi connectivity index (χ3n) is 7.56. The highest BCUT2D eigenvalue weighted by atomic mass is 79.9. The van der Waals surface area contributed by atoms with Crippen molar-refractivity contribution in [3.05, 3.63) is 99.9 Å². The molecule has 2 aliphatic rings. The molecule has 4 heterocycles. The van der Waals surface area contributed by atoms with Crippen LogP contribution in [0.1, 0.15) is 43.8 Å². The van der Waals surface area contributed by atoms with E-state index in [9.17, 15) is 0 Å². The van der Waals surface area contributed by atoms with Gasteiger partial charge in [0.1, 0.15) is 17.6 Å². The molecular formula is C31H30BrClN4OS. The van der Waals surface area contributed by atoms with E-state index in [-0.39, 0.29) is 12.1 Å². The molecule has 200 valence electrons. The van der Waals surface area contributed by atoms with Gasteiger partial charge in [0.15, 0.2) is 5.11 Å². The summed E-state index contributed by atoms with van der Waals surface area (Å²) in [6.07, 6.45) is 3.06. The van der Waals surface area contributed by atoms with Gasteiger partial charge in [-0.3, -0.25) is 4.98 Å². The summed E-state index contributed by atoms with van der Waals surface area (Å²) in [5.74, 6) is 2.89. The average molecular weight is 622 g/mol. The highest BCUT2D eigenvalue weighted by Crippen LogP contribution is 2.44. The van der Waals surface area contributed by atoms with Crippen molar-refractivity contribution in [2.45, 2.75) is 32.4 Å². The molecule has 0 aliphatic carbocycles. The second kappa shape index (κ2) is 11.0. The van der Waals surface area contributed by atoms with Crippen LogP contribution in [0, 0.1) is 11.8 Å². The van der Waals surface area contributed by atoms with E-state index in [1.165, 1.54) is 6.42 Å². The van der Waals surface area contributed by atoms with Gasteiger partial charge in [0.25, 0.3) is 0 Å². The Bertz CT molecular complexity index is 1470. The van der Waals surface area contributed by atoms with E-state index >= 15 is 0 Å². The molecule has 0 radical (unpaired) electrons. The Labute approximate surface area is 248 Å². The Hall–Kier alpha value is -2.87. The number of pyridine rings is 1. The third kappa shape index (κ3) is 5.32. The van der Waals surface area contributed by atoms with Gasteiger partial charge in [-0.1, -0.05) is 59.6 Å². The fourth-order valence-electron chi connectivity index (χ4n) is 5.96. The van der Waals surface area contributed by atoms with E-state index in [1.807, 2.05) is 60.7 Å². The predicted octanol–water partition coefficient (Wildman–Crippen LogP) is 8.42. The van der Waals surface area contributed by atoms with Crippen molar-refractivity contribution in [1.29, 1.82) is 0 Å². The molecule has 39 heavy (non-hydrogen) atoms. The molecule has 4 aromatic rings. The fraction of sp³-hybridized carbons (Fsp3) is 0.290. The maximum atomic E-state index is 6.96.